The third-order valence-corrected chi connectivity index (χ3v) is 2.83. The van der Waals surface area contributed by atoms with E-state index in [4.69, 9.17) is 4.74 Å². The van der Waals surface area contributed by atoms with Crippen molar-refractivity contribution in [3.8, 4) is 5.75 Å². The molecule has 2 aromatic carbocycles. The summed E-state index contributed by atoms with van der Waals surface area (Å²) in [5.74, 6) is -0.661. The van der Waals surface area contributed by atoms with E-state index >= 15 is 0 Å². The van der Waals surface area contributed by atoms with E-state index in [0.717, 1.165) is 6.07 Å². The number of carbonyl (C=O) groups excluding carboxylic acids is 1. The molecular formula is C16H14F2O2. The zero-order valence-electron chi connectivity index (χ0n) is 11.0. The Hall–Kier alpha value is -2.23. The minimum absolute atomic E-state index is 0.0590. The Morgan fingerprint density at radius 1 is 1.05 bits per heavy atom. The average Bonchev–Trinajstić information content (AvgIpc) is 2.44. The van der Waals surface area contributed by atoms with Crippen molar-refractivity contribution in [2.24, 2.45) is 0 Å². The van der Waals surface area contributed by atoms with Crippen LogP contribution in [0.4, 0.5) is 8.78 Å². The second-order valence-corrected chi connectivity index (χ2v) is 4.37. The van der Waals surface area contributed by atoms with Crippen LogP contribution in [0, 0.1) is 11.6 Å². The van der Waals surface area contributed by atoms with Gasteiger partial charge < -0.3 is 4.74 Å². The van der Waals surface area contributed by atoms with Gasteiger partial charge in [0.25, 0.3) is 0 Å². The fourth-order valence-electron chi connectivity index (χ4n) is 1.80. The lowest BCUT2D eigenvalue weighted by Gasteiger charge is -2.07. The molecule has 0 unspecified atom stereocenters. The summed E-state index contributed by atoms with van der Waals surface area (Å²) >= 11 is 0. The predicted molar refractivity (Wildman–Crippen MR) is 71.8 cm³/mol. The predicted octanol–water partition coefficient (Wildman–Crippen LogP) is 4.14. The molecule has 0 radical (unpaired) electrons. The molecule has 0 spiro atoms. The van der Waals surface area contributed by atoms with Crippen molar-refractivity contribution < 1.29 is 18.3 Å². The van der Waals surface area contributed by atoms with Crippen LogP contribution >= 0.6 is 0 Å². The molecule has 0 aromatic heterocycles. The normalized spacial score (nSPS) is 10.3. The Labute approximate surface area is 116 Å². The minimum atomic E-state index is -0.632. The maximum Gasteiger partial charge on any atom is 0.162 e. The monoisotopic (exact) mass is 276 g/mol. The van der Waals surface area contributed by atoms with E-state index in [2.05, 4.69) is 0 Å². The number of hydrogen-bond acceptors (Lipinski definition) is 2. The first-order valence-corrected chi connectivity index (χ1v) is 6.29. The van der Waals surface area contributed by atoms with Crippen molar-refractivity contribution in [1.82, 2.24) is 0 Å². The number of rotatable bonds is 5. The van der Waals surface area contributed by atoms with E-state index in [0.29, 0.717) is 23.3 Å². The van der Waals surface area contributed by atoms with Crippen molar-refractivity contribution in [3.63, 3.8) is 0 Å². The van der Waals surface area contributed by atoms with Gasteiger partial charge in [-0.3, -0.25) is 4.79 Å². The SMILES string of the molecule is CCC(=O)c1ccc(OCc2cc(F)cc(F)c2)cc1. The van der Waals surface area contributed by atoms with E-state index in [-0.39, 0.29) is 12.4 Å². The average molecular weight is 276 g/mol. The molecule has 0 aliphatic heterocycles. The van der Waals surface area contributed by atoms with E-state index < -0.39 is 11.6 Å². The molecule has 0 aliphatic carbocycles. The van der Waals surface area contributed by atoms with Crippen LogP contribution < -0.4 is 4.74 Å². The number of hydrogen-bond donors (Lipinski definition) is 0. The highest BCUT2D eigenvalue weighted by Crippen LogP contribution is 2.16. The van der Waals surface area contributed by atoms with Crippen LogP contribution in [-0.2, 0) is 6.61 Å². The van der Waals surface area contributed by atoms with Gasteiger partial charge in [-0.15, -0.1) is 0 Å². The quantitative estimate of drug-likeness (QED) is 0.767. The summed E-state index contributed by atoms with van der Waals surface area (Å²) in [6.45, 7) is 1.86. The molecule has 2 aromatic rings. The van der Waals surface area contributed by atoms with Crippen molar-refractivity contribution in [1.29, 1.82) is 0 Å². The van der Waals surface area contributed by atoms with Gasteiger partial charge in [0.05, 0.1) is 0 Å². The fourth-order valence-corrected chi connectivity index (χ4v) is 1.80. The van der Waals surface area contributed by atoms with Crippen LogP contribution in [0.15, 0.2) is 42.5 Å². The highest BCUT2D eigenvalue weighted by molar-refractivity contribution is 5.95. The molecule has 0 bridgehead atoms. The molecular weight excluding hydrogens is 262 g/mol. The number of ether oxygens (including phenoxy) is 1. The molecule has 0 fully saturated rings. The Balaban J connectivity index is 2.02. The second-order valence-electron chi connectivity index (χ2n) is 4.37. The van der Waals surface area contributed by atoms with Gasteiger partial charge in [0.15, 0.2) is 5.78 Å². The van der Waals surface area contributed by atoms with Crippen molar-refractivity contribution >= 4 is 5.78 Å². The number of carbonyl (C=O) groups is 1. The fraction of sp³-hybridized carbons (Fsp3) is 0.188. The zero-order chi connectivity index (χ0) is 14.5. The summed E-state index contributed by atoms with van der Waals surface area (Å²) in [7, 11) is 0. The van der Waals surface area contributed by atoms with Crippen LogP contribution in [0.1, 0.15) is 29.3 Å². The van der Waals surface area contributed by atoms with Crippen molar-refractivity contribution in [3.05, 3.63) is 65.2 Å². The maximum atomic E-state index is 13.0. The van der Waals surface area contributed by atoms with Crippen LogP contribution in [0.2, 0.25) is 0 Å². The maximum absolute atomic E-state index is 13.0. The van der Waals surface area contributed by atoms with E-state index in [9.17, 15) is 13.6 Å². The molecule has 0 heterocycles. The summed E-state index contributed by atoms with van der Waals surface area (Å²) in [5.41, 5.74) is 1.04. The second kappa shape index (κ2) is 6.28. The largest absolute Gasteiger partial charge is 0.489 e. The van der Waals surface area contributed by atoms with Crippen LogP contribution in [-0.4, -0.2) is 5.78 Å². The summed E-state index contributed by atoms with van der Waals surface area (Å²) in [5, 5.41) is 0. The molecule has 2 nitrogen and oxygen atoms in total. The molecule has 4 heteroatoms. The smallest absolute Gasteiger partial charge is 0.162 e. The Bertz CT molecular complexity index is 586. The van der Waals surface area contributed by atoms with Gasteiger partial charge in [-0.2, -0.15) is 0 Å². The molecule has 20 heavy (non-hydrogen) atoms. The van der Waals surface area contributed by atoms with E-state index in [1.165, 1.54) is 12.1 Å². The third-order valence-electron chi connectivity index (χ3n) is 2.83. The molecule has 0 saturated carbocycles. The van der Waals surface area contributed by atoms with Crippen LogP contribution in [0.5, 0.6) is 5.75 Å². The lowest BCUT2D eigenvalue weighted by Crippen LogP contribution is -1.99. The van der Waals surface area contributed by atoms with Gasteiger partial charge in [0, 0.05) is 18.1 Å². The van der Waals surface area contributed by atoms with Crippen LogP contribution in [0.25, 0.3) is 0 Å². The van der Waals surface area contributed by atoms with Gasteiger partial charge in [-0.05, 0) is 42.0 Å². The summed E-state index contributed by atoms with van der Waals surface area (Å²) in [6, 6.07) is 9.93. The standard InChI is InChI=1S/C16H14F2O2/c1-2-16(19)12-3-5-15(6-4-12)20-10-11-7-13(17)9-14(18)8-11/h3-9H,2,10H2,1H3. The highest BCUT2D eigenvalue weighted by atomic mass is 19.1. The van der Waals surface area contributed by atoms with Gasteiger partial charge >= 0.3 is 0 Å². The minimum Gasteiger partial charge on any atom is -0.489 e. The molecule has 0 atom stereocenters. The summed E-state index contributed by atoms with van der Waals surface area (Å²) in [6.07, 6.45) is 0.447. The Morgan fingerprint density at radius 3 is 2.20 bits per heavy atom. The van der Waals surface area contributed by atoms with Crippen LogP contribution in [0.3, 0.4) is 0 Å². The molecule has 2 rings (SSSR count). The van der Waals surface area contributed by atoms with E-state index in [1.54, 1.807) is 31.2 Å². The first-order chi connectivity index (χ1) is 9.58. The Kier molecular flexibility index (Phi) is 4.45. The first-order valence-electron chi connectivity index (χ1n) is 6.29. The van der Waals surface area contributed by atoms with Crippen molar-refractivity contribution in [2.75, 3.05) is 0 Å². The molecule has 104 valence electrons. The third kappa shape index (κ3) is 3.63. The molecule has 0 aliphatic rings. The van der Waals surface area contributed by atoms with Gasteiger partial charge in [0.1, 0.15) is 24.0 Å². The molecule has 0 saturated heterocycles. The zero-order valence-corrected chi connectivity index (χ0v) is 11.0. The lowest BCUT2D eigenvalue weighted by atomic mass is 10.1. The number of ketones is 1. The number of halogens is 2. The van der Waals surface area contributed by atoms with Gasteiger partial charge in [0.2, 0.25) is 0 Å². The first kappa shape index (κ1) is 14.2. The number of benzene rings is 2. The number of Topliss-reactive ketones (excluding diaryl/α,β-unsaturated/α-hetero) is 1. The van der Waals surface area contributed by atoms with Crippen molar-refractivity contribution in [2.45, 2.75) is 20.0 Å². The lowest BCUT2D eigenvalue weighted by molar-refractivity contribution is 0.0988. The molecule has 0 amide bonds. The van der Waals surface area contributed by atoms with Gasteiger partial charge in [-0.1, -0.05) is 6.92 Å². The topological polar surface area (TPSA) is 26.3 Å². The summed E-state index contributed by atoms with van der Waals surface area (Å²) in [4.78, 5) is 11.5. The Morgan fingerprint density at radius 2 is 1.65 bits per heavy atom. The van der Waals surface area contributed by atoms with E-state index in [1.807, 2.05) is 0 Å². The molecule has 0 N–H and O–H groups in total. The highest BCUT2D eigenvalue weighted by Gasteiger charge is 2.04. The van der Waals surface area contributed by atoms with Gasteiger partial charge in [-0.25, -0.2) is 8.78 Å². The summed E-state index contributed by atoms with van der Waals surface area (Å²) < 4.78 is 31.4.